The number of rotatable bonds is 4. The van der Waals surface area contributed by atoms with Crippen LogP contribution in [0.3, 0.4) is 0 Å². The number of thiophene rings is 1. The third-order valence-corrected chi connectivity index (χ3v) is 5.65. The first-order valence-corrected chi connectivity index (χ1v) is 9.64. The minimum atomic E-state index is -0.339. The van der Waals surface area contributed by atoms with Gasteiger partial charge in [-0.2, -0.15) is 10.4 Å². The van der Waals surface area contributed by atoms with Crippen LogP contribution in [0, 0.1) is 11.3 Å². The van der Waals surface area contributed by atoms with Gasteiger partial charge in [-0.15, -0.1) is 11.3 Å². The number of nitrogens with zero attached hydrogens (tertiary/aromatic N) is 2. The topological polar surface area (TPSA) is 86.6 Å². The molecule has 2 aromatic heterocycles. The van der Waals surface area contributed by atoms with Gasteiger partial charge in [-0.1, -0.05) is 48.7 Å². The molecule has 4 aromatic rings. The van der Waals surface area contributed by atoms with Crippen molar-refractivity contribution in [2.24, 2.45) is 0 Å². The van der Waals surface area contributed by atoms with Gasteiger partial charge in [0.05, 0.1) is 21.7 Å². The van der Waals surface area contributed by atoms with Crippen molar-refractivity contribution in [2.75, 3.05) is 0 Å². The molecule has 0 saturated heterocycles. The third-order valence-electron chi connectivity index (χ3n) is 4.67. The molecule has 0 amide bonds. The highest BCUT2D eigenvalue weighted by Gasteiger charge is 2.20. The predicted molar refractivity (Wildman–Crippen MR) is 113 cm³/mol. The second-order valence-corrected chi connectivity index (χ2v) is 7.20. The SMILES string of the molecule is CBc1ccc(C(=O)c2n[nH]c(=O)c3c(-c4ccc(C#N)cc4)csc23)cc1. The number of ketones is 1. The summed E-state index contributed by atoms with van der Waals surface area (Å²) in [4.78, 5) is 25.5. The quantitative estimate of drug-likeness (QED) is 0.434. The number of hydrogen-bond donors (Lipinski definition) is 1. The van der Waals surface area contributed by atoms with E-state index >= 15 is 0 Å². The van der Waals surface area contributed by atoms with Crippen molar-refractivity contribution in [1.29, 1.82) is 5.26 Å². The minimum absolute atomic E-state index is 0.225. The Labute approximate surface area is 165 Å². The Balaban J connectivity index is 1.84. The monoisotopic (exact) mass is 383 g/mol. The lowest BCUT2D eigenvalue weighted by Crippen LogP contribution is -2.15. The van der Waals surface area contributed by atoms with Crippen LogP contribution in [0.2, 0.25) is 6.82 Å². The van der Waals surface area contributed by atoms with Crippen LogP contribution in [0.1, 0.15) is 21.6 Å². The molecule has 0 fully saturated rings. The predicted octanol–water partition coefficient (Wildman–Crippen LogP) is 2.86. The third kappa shape index (κ3) is 3.04. The summed E-state index contributed by atoms with van der Waals surface area (Å²) in [5.41, 5.74) is 3.67. The maximum Gasteiger partial charge on any atom is 0.273 e. The van der Waals surface area contributed by atoms with E-state index in [-0.39, 0.29) is 17.0 Å². The highest BCUT2D eigenvalue weighted by molar-refractivity contribution is 7.18. The Kier molecular flexibility index (Phi) is 4.64. The van der Waals surface area contributed by atoms with E-state index < -0.39 is 0 Å². The normalized spacial score (nSPS) is 10.6. The van der Waals surface area contributed by atoms with Crippen LogP contribution in [-0.4, -0.2) is 23.3 Å². The molecule has 134 valence electrons. The summed E-state index contributed by atoms with van der Waals surface area (Å²) >= 11 is 1.32. The highest BCUT2D eigenvalue weighted by atomic mass is 32.1. The van der Waals surface area contributed by atoms with Crippen LogP contribution in [0.15, 0.2) is 58.7 Å². The molecule has 28 heavy (non-hydrogen) atoms. The van der Waals surface area contributed by atoms with Gasteiger partial charge in [-0.3, -0.25) is 9.59 Å². The summed E-state index contributed by atoms with van der Waals surface area (Å²) in [7, 11) is 0.897. The number of nitriles is 1. The molecular weight excluding hydrogens is 369 g/mol. The van der Waals surface area contributed by atoms with Crippen LogP contribution in [0.5, 0.6) is 0 Å². The number of carbonyl (C=O) groups excluding carboxylic acids is 1. The fourth-order valence-electron chi connectivity index (χ4n) is 3.09. The molecule has 5 nitrogen and oxygen atoms in total. The summed E-state index contributed by atoms with van der Waals surface area (Å²) < 4.78 is 0.563. The molecule has 0 saturated carbocycles. The molecule has 0 unspecified atom stereocenters. The van der Waals surface area contributed by atoms with Crippen molar-refractivity contribution in [3.05, 3.63) is 81.1 Å². The molecule has 0 bridgehead atoms. The molecular formula is C21H14BN3O2S. The number of aromatic amines is 1. The van der Waals surface area contributed by atoms with E-state index in [4.69, 9.17) is 5.26 Å². The summed E-state index contributed by atoms with van der Waals surface area (Å²) in [6.45, 7) is 2.06. The molecule has 0 aliphatic carbocycles. The van der Waals surface area contributed by atoms with Gasteiger partial charge in [-0.25, -0.2) is 5.10 Å². The lowest BCUT2D eigenvalue weighted by Gasteiger charge is -2.04. The highest BCUT2D eigenvalue weighted by Crippen LogP contribution is 2.33. The van der Waals surface area contributed by atoms with Crippen molar-refractivity contribution in [3.8, 4) is 17.2 Å². The standard InChI is InChI=1S/C21H14BN3O2S/c1-22-15-8-6-14(7-9-15)19(26)18-20-17(21(27)25-24-18)16(11-28-20)13-4-2-12(10-23)3-5-13/h2-9,11,22H,1H3,(H,25,27). The van der Waals surface area contributed by atoms with E-state index in [2.05, 4.69) is 23.1 Å². The van der Waals surface area contributed by atoms with Crippen molar-refractivity contribution < 1.29 is 4.79 Å². The number of H-pyrrole nitrogens is 1. The molecule has 2 heterocycles. The van der Waals surface area contributed by atoms with E-state index in [0.717, 1.165) is 23.9 Å². The summed E-state index contributed by atoms with van der Waals surface area (Å²) in [5, 5.41) is 17.8. The second kappa shape index (κ2) is 7.26. The number of nitrogens with one attached hydrogen (secondary N) is 1. The van der Waals surface area contributed by atoms with Gasteiger partial charge >= 0.3 is 0 Å². The Morgan fingerprint density at radius 1 is 1.14 bits per heavy atom. The Morgan fingerprint density at radius 2 is 1.86 bits per heavy atom. The van der Waals surface area contributed by atoms with Crippen molar-refractivity contribution in [2.45, 2.75) is 6.82 Å². The molecule has 1 N–H and O–H groups in total. The fourth-order valence-corrected chi connectivity index (χ4v) is 4.15. The maximum atomic E-state index is 13.0. The molecule has 4 rings (SSSR count). The van der Waals surface area contributed by atoms with Crippen LogP contribution >= 0.6 is 11.3 Å². The number of benzene rings is 2. The van der Waals surface area contributed by atoms with Gasteiger partial charge in [0.25, 0.3) is 5.56 Å². The van der Waals surface area contributed by atoms with Gasteiger partial charge in [-0.05, 0) is 17.7 Å². The zero-order valence-electron chi connectivity index (χ0n) is 15.0. The van der Waals surface area contributed by atoms with Gasteiger partial charge in [0.15, 0.2) is 7.28 Å². The Morgan fingerprint density at radius 3 is 2.50 bits per heavy atom. The van der Waals surface area contributed by atoms with Crippen LogP contribution in [-0.2, 0) is 0 Å². The number of carbonyl (C=O) groups is 1. The average Bonchev–Trinajstić information content (AvgIpc) is 3.20. The summed E-state index contributed by atoms with van der Waals surface area (Å²) in [6, 6.07) is 16.5. The summed E-state index contributed by atoms with van der Waals surface area (Å²) in [5.74, 6) is -0.225. The van der Waals surface area contributed by atoms with Gasteiger partial charge in [0.1, 0.15) is 5.69 Å². The molecule has 2 aromatic carbocycles. The fraction of sp³-hybridized carbons (Fsp3) is 0.0476. The zero-order valence-corrected chi connectivity index (χ0v) is 15.8. The Bertz CT molecular complexity index is 1280. The molecule has 0 aliphatic rings. The molecule has 0 spiro atoms. The van der Waals surface area contributed by atoms with E-state index in [1.807, 2.05) is 17.5 Å². The zero-order chi connectivity index (χ0) is 19.7. The van der Waals surface area contributed by atoms with E-state index in [1.54, 1.807) is 36.4 Å². The first kappa shape index (κ1) is 17.9. The molecule has 7 heteroatoms. The summed E-state index contributed by atoms with van der Waals surface area (Å²) in [6.07, 6.45) is 0. The number of hydrogen-bond acceptors (Lipinski definition) is 5. The minimum Gasteiger partial charge on any atom is -0.287 e. The van der Waals surface area contributed by atoms with Crippen molar-refractivity contribution in [3.63, 3.8) is 0 Å². The molecule has 0 aliphatic heterocycles. The molecule has 0 atom stereocenters. The Hall–Kier alpha value is -3.50. The maximum absolute atomic E-state index is 13.0. The lowest BCUT2D eigenvalue weighted by atomic mass is 9.73. The van der Waals surface area contributed by atoms with E-state index in [9.17, 15) is 9.59 Å². The van der Waals surface area contributed by atoms with E-state index in [0.29, 0.717) is 21.2 Å². The van der Waals surface area contributed by atoms with Crippen LogP contribution < -0.4 is 11.0 Å². The molecule has 0 radical (unpaired) electrons. The smallest absolute Gasteiger partial charge is 0.273 e. The van der Waals surface area contributed by atoms with Crippen LogP contribution in [0.25, 0.3) is 21.2 Å². The average molecular weight is 383 g/mol. The van der Waals surface area contributed by atoms with Gasteiger partial charge in [0, 0.05) is 16.5 Å². The van der Waals surface area contributed by atoms with Gasteiger partial charge in [0.2, 0.25) is 5.78 Å². The lowest BCUT2D eigenvalue weighted by molar-refractivity contribution is 0.103. The van der Waals surface area contributed by atoms with Gasteiger partial charge < -0.3 is 0 Å². The first-order chi connectivity index (χ1) is 13.6. The number of aromatic nitrogens is 2. The number of fused-ring (bicyclic) bond motifs is 1. The largest absolute Gasteiger partial charge is 0.287 e. The van der Waals surface area contributed by atoms with Crippen LogP contribution in [0.4, 0.5) is 0 Å². The second-order valence-electron chi connectivity index (χ2n) is 6.32. The first-order valence-electron chi connectivity index (χ1n) is 8.76. The van der Waals surface area contributed by atoms with Crippen molar-refractivity contribution >= 4 is 39.9 Å². The van der Waals surface area contributed by atoms with E-state index in [1.165, 1.54) is 11.3 Å². The van der Waals surface area contributed by atoms with Crippen molar-refractivity contribution in [1.82, 2.24) is 10.2 Å².